The average Bonchev–Trinajstić information content (AvgIpc) is 3.16. The Bertz CT molecular complexity index is 633. The highest BCUT2D eigenvalue weighted by Gasteiger charge is 2.19. The predicted octanol–water partition coefficient (Wildman–Crippen LogP) is 2.95. The van der Waals surface area contributed by atoms with E-state index in [0.29, 0.717) is 11.4 Å². The molecule has 0 spiro atoms. The number of nitrogens with one attached hydrogen (secondary N) is 1. The van der Waals surface area contributed by atoms with E-state index in [0.717, 1.165) is 36.6 Å². The van der Waals surface area contributed by atoms with Crippen LogP contribution in [-0.2, 0) is 11.2 Å². The SMILES string of the molecule is Cc1nc(Cc2ccccc2)sc1C(=O)NC[C@H]1CCCO1. The number of hydrogen-bond acceptors (Lipinski definition) is 4. The summed E-state index contributed by atoms with van der Waals surface area (Å²) in [6.07, 6.45) is 3.05. The van der Waals surface area contributed by atoms with E-state index in [1.165, 1.54) is 16.9 Å². The standard InChI is InChI=1S/C17H20N2O2S/c1-12-16(17(20)18-11-14-8-5-9-21-14)22-15(19-12)10-13-6-3-2-4-7-13/h2-4,6-7,14H,5,8-11H2,1H3,(H,18,20)/t14-/m1/s1. The summed E-state index contributed by atoms with van der Waals surface area (Å²) in [6, 6.07) is 10.2. The Balaban J connectivity index is 1.62. The van der Waals surface area contributed by atoms with E-state index in [-0.39, 0.29) is 12.0 Å². The van der Waals surface area contributed by atoms with Gasteiger partial charge in [-0.3, -0.25) is 4.79 Å². The Morgan fingerprint density at radius 2 is 2.23 bits per heavy atom. The van der Waals surface area contributed by atoms with Crippen molar-refractivity contribution in [1.82, 2.24) is 10.3 Å². The molecular weight excluding hydrogens is 296 g/mol. The number of ether oxygens (including phenoxy) is 1. The van der Waals surface area contributed by atoms with Crippen LogP contribution in [0.5, 0.6) is 0 Å². The molecule has 1 amide bonds. The van der Waals surface area contributed by atoms with Gasteiger partial charge in [-0.25, -0.2) is 4.98 Å². The first-order chi connectivity index (χ1) is 10.7. The van der Waals surface area contributed by atoms with Crippen LogP contribution in [0.1, 0.15) is 38.8 Å². The number of carbonyl (C=O) groups is 1. The number of benzene rings is 1. The van der Waals surface area contributed by atoms with Crippen molar-refractivity contribution in [2.75, 3.05) is 13.2 Å². The summed E-state index contributed by atoms with van der Waals surface area (Å²) >= 11 is 1.48. The zero-order valence-corrected chi connectivity index (χ0v) is 13.5. The molecule has 1 fully saturated rings. The zero-order valence-electron chi connectivity index (χ0n) is 12.7. The quantitative estimate of drug-likeness (QED) is 0.922. The number of aryl methyl sites for hydroxylation is 1. The Hall–Kier alpha value is -1.72. The number of hydrogen-bond donors (Lipinski definition) is 1. The molecule has 5 heteroatoms. The number of rotatable bonds is 5. The summed E-state index contributed by atoms with van der Waals surface area (Å²) in [5.41, 5.74) is 2.02. The molecule has 0 bridgehead atoms. The molecule has 1 aromatic heterocycles. The van der Waals surface area contributed by atoms with Gasteiger partial charge < -0.3 is 10.1 Å². The number of aromatic nitrogens is 1. The maximum Gasteiger partial charge on any atom is 0.263 e. The third kappa shape index (κ3) is 3.72. The van der Waals surface area contributed by atoms with Gasteiger partial charge in [0.05, 0.1) is 16.8 Å². The largest absolute Gasteiger partial charge is 0.376 e. The van der Waals surface area contributed by atoms with Gasteiger partial charge >= 0.3 is 0 Å². The van der Waals surface area contributed by atoms with E-state index in [1.807, 2.05) is 25.1 Å². The minimum atomic E-state index is -0.0372. The Morgan fingerprint density at radius 3 is 2.95 bits per heavy atom. The summed E-state index contributed by atoms with van der Waals surface area (Å²) in [5, 5.41) is 3.94. The highest BCUT2D eigenvalue weighted by molar-refractivity contribution is 7.13. The zero-order chi connectivity index (χ0) is 15.4. The number of thiazole rings is 1. The van der Waals surface area contributed by atoms with Crippen molar-refractivity contribution in [3.63, 3.8) is 0 Å². The van der Waals surface area contributed by atoms with Crippen LogP contribution >= 0.6 is 11.3 Å². The van der Waals surface area contributed by atoms with Gasteiger partial charge in [0.15, 0.2) is 0 Å². The molecule has 0 unspecified atom stereocenters. The predicted molar refractivity (Wildman–Crippen MR) is 87.4 cm³/mol. The summed E-state index contributed by atoms with van der Waals surface area (Å²) in [4.78, 5) is 17.5. The Kier molecular flexibility index (Phi) is 4.85. The lowest BCUT2D eigenvalue weighted by Gasteiger charge is -2.09. The summed E-state index contributed by atoms with van der Waals surface area (Å²) in [7, 11) is 0. The van der Waals surface area contributed by atoms with Gasteiger partial charge in [0, 0.05) is 19.6 Å². The van der Waals surface area contributed by atoms with Crippen molar-refractivity contribution in [2.24, 2.45) is 0 Å². The molecule has 1 aromatic carbocycles. The molecule has 1 saturated heterocycles. The monoisotopic (exact) mass is 316 g/mol. The topological polar surface area (TPSA) is 51.2 Å². The van der Waals surface area contributed by atoms with Gasteiger partial charge in [0.1, 0.15) is 4.88 Å². The molecule has 0 aliphatic carbocycles. The van der Waals surface area contributed by atoms with Crippen LogP contribution in [0.15, 0.2) is 30.3 Å². The number of amides is 1. The van der Waals surface area contributed by atoms with E-state index in [1.54, 1.807) is 0 Å². The van der Waals surface area contributed by atoms with Gasteiger partial charge in [-0.05, 0) is 25.3 Å². The van der Waals surface area contributed by atoms with Crippen LogP contribution in [0.25, 0.3) is 0 Å². The molecule has 1 aliphatic rings. The molecule has 0 radical (unpaired) electrons. The minimum absolute atomic E-state index is 0.0372. The van der Waals surface area contributed by atoms with Crippen LogP contribution in [0, 0.1) is 6.92 Å². The van der Waals surface area contributed by atoms with E-state index < -0.39 is 0 Å². The van der Waals surface area contributed by atoms with Crippen LogP contribution in [0.4, 0.5) is 0 Å². The second-order valence-electron chi connectivity index (χ2n) is 5.53. The lowest BCUT2D eigenvalue weighted by atomic mass is 10.2. The first-order valence-electron chi connectivity index (χ1n) is 7.62. The Morgan fingerprint density at radius 1 is 1.41 bits per heavy atom. The molecular formula is C17H20N2O2S. The summed E-state index contributed by atoms with van der Waals surface area (Å²) in [5.74, 6) is -0.0372. The fraction of sp³-hybridized carbons (Fsp3) is 0.412. The van der Waals surface area contributed by atoms with Crippen molar-refractivity contribution >= 4 is 17.2 Å². The van der Waals surface area contributed by atoms with Gasteiger partial charge in [0.25, 0.3) is 5.91 Å². The normalized spacial score (nSPS) is 17.6. The second kappa shape index (κ2) is 7.03. The van der Waals surface area contributed by atoms with Crippen molar-refractivity contribution in [2.45, 2.75) is 32.3 Å². The minimum Gasteiger partial charge on any atom is -0.376 e. The molecule has 4 nitrogen and oxygen atoms in total. The van der Waals surface area contributed by atoms with Gasteiger partial charge in [-0.2, -0.15) is 0 Å². The van der Waals surface area contributed by atoms with Crippen molar-refractivity contribution < 1.29 is 9.53 Å². The van der Waals surface area contributed by atoms with Gasteiger partial charge in [-0.15, -0.1) is 11.3 Å². The number of carbonyl (C=O) groups excluding carboxylic acids is 1. The fourth-order valence-electron chi connectivity index (χ4n) is 2.60. The Labute approximate surface area is 134 Å². The summed E-state index contributed by atoms with van der Waals surface area (Å²) in [6.45, 7) is 3.29. The third-order valence-electron chi connectivity index (χ3n) is 3.76. The van der Waals surface area contributed by atoms with Gasteiger partial charge in [-0.1, -0.05) is 30.3 Å². The first kappa shape index (κ1) is 15.2. The molecule has 22 heavy (non-hydrogen) atoms. The molecule has 1 N–H and O–H groups in total. The fourth-order valence-corrected chi connectivity index (χ4v) is 3.62. The van der Waals surface area contributed by atoms with Crippen molar-refractivity contribution in [3.8, 4) is 0 Å². The molecule has 1 atom stereocenters. The summed E-state index contributed by atoms with van der Waals surface area (Å²) < 4.78 is 5.53. The average molecular weight is 316 g/mol. The lowest BCUT2D eigenvalue weighted by Crippen LogP contribution is -2.31. The van der Waals surface area contributed by atoms with Crippen LogP contribution in [-0.4, -0.2) is 30.1 Å². The van der Waals surface area contributed by atoms with Crippen LogP contribution in [0.2, 0.25) is 0 Å². The smallest absolute Gasteiger partial charge is 0.263 e. The van der Waals surface area contributed by atoms with Crippen LogP contribution in [0.3, 0.4) is 0 Å². The first-order valence-corrected chi connectivity index (χ1v) is 8.44. The maximum absolute atomic E-state index is 12.3. The second-order valence-corrected chi connectivity index (χ2v) is 6.61. The van der Waals surface area contributed by atoms with Crippen molar-refractivity contribution in [3.05, 3.63) is 51.5 Å². The van der Waals surface area contributed by atoms with E-state index >= 15 is 0 Å². The highest BCUT2D eigenvalue weighted by Crippen LogP contribution is 2.21. The van der Waals surface area contributed by atoms with E-state index in [9.17, 15) is 4.79 Å². The van der Waals surface area contributed by atoms with E-state index in [2.05, 4.69) is 22.4 Å². The third-order valence-corrected chi connectivity index (χ3v) is 4.92. The van der Waals surface area contributed by atoms with Gasteiger partial charge in [0.2, 0.25) is 0 Å². The van der Waals surface area contributed by atoms with E-state index in [4.69, 9.17) is 4.74 Å². The van der Waals surface area contributed by atoms with Crippen molar-refractivity contribution in [1.29, 1.82) is 0 Å². The molecule has 1 aliphatic heterocycles. The molecule has 3 rings (SSSR count). The highest BCUT2D eigenvalue weighted by atomic mass is 32.1. The molecule has 116 valence electrons. The lowest BCUT2D eigenvalue weighted by molar-refractivity contribution is 0.0860. The number of nitrogens with zero attached hydrogens (tertiary/aromatic N) is 1. The molecule has 2 heterocycles. The maximum atomic E-state index is 12.3. The molecule has 0 saturated carbocycles. The molecule has 2 aromatic rings. The van der Waals surface area contributed by atoms with Crippen LogP contribution < -0.4 is 5.32 Å².